The van der Waals surface area contributed by atoms with Crippen LogP contribution in [0.4, 0.5) is 5.69 Å². The molecular weight excluding hydrogens is 370 g/mol. The number of hydrogen-bond donors (Lipinski definition) is 1. The molecule has 3 aromatic rings. The van der Waals surface area contributed by atoms with Crippen LogP contribution in [0.25, 0.3) is 6.08 Å². The quantitative estimate of drug-likeness (QED) is 0.377. The first-order valence-electron chi connectivity index (χ1n) is 9.21. The minimum atomic E-state index is -0.213. The minimum Gasteiger partial charge on any atom is -0.491 e. The zero-order chi connectivity index (χ0) is 19.6. The first kappa shape index (κ1) is 19.7. The lowest BCUT2D eigenvalue weighted by atomic mass is 10.1. The molecule has 0 radical (unpaired) electrons. The average molecular weight is 392 g/mol. The van der Waals surface area contributed by atoms with Crippen LogP contribution in [-0.4, -0.2) is 12.5 Å². The Balaban J connectivity index is 1.52. The van der Waals surface area contributed by atoms with Crippen molar-refractivity contribution in [3.63, 3.8) is 0 Å². The predicted molar refractivity (Wildman–Crippen MR) is 116 cm³/mol. The lowest BCUT2D eigenvalue weighted by Crippen LogP contribution is -2.10. The molecule has 0 saturated carbocycles. The van der Waals surface area contributed by atoms with Gasteiger partial charge in [-0.2, -0.15) is 0 Å². The molecule has 0 heterocycles. The molecule has 4 heteroatoms. The second kappa shape index (κ2) is 10.3. The molecule has 142 valence electrons. The molecule has 0 atom stereocenters. The summed E-state index contributed by atoms with van der Waals surface area (Å²) in [5.41, 5.74) is 2.86. The predicted octanol–water partition coefficient (Wildman–Crippen LogP) is 6.00. The van der Waals surface area contributed by atoms with E-state index in [9.17, 15) is 4.79 Å². The van der Waals surface area contributed by atoms with Gasteiger partial charge in [0.2, 0.25) is 5.91 Å². The molecule has 0 saturated heterocycles. The number of hydrogen-bond acceptors (Lipinski definition) is 2. The maximum absolute atomic E-state index is 12.2. The van der Waals surface area contributed by atoms with Crippen LogP contribution in [0, 0.1) is 0 Å². The fraction of sp³-hybridized carbons (Fsp3) is 0.125. The van der Waals surface area contributed by atoms with Crippen LogP contribution >= 0.6 is 11.6 Å². The molecule has 3 rings (SSSR count). The van der Waals surface area contributed by atoms with Crippen LogP contribution in [-0.2, 0) is 11.2 Å². The molecular formula is C24H22ClNO2. The van der Waals surface area contributed by atoms with Crippen molar-refractivity contribution in [3.05, 3.63) is 101 Å². The van der Waals surface area contributed by atoms with Gasteiger partial charge in [0.05, 0.1) is 12.3 Å². The summed E-state index contributed by atoms with van der Waals surface area (Å²) < 4.78 is 5.88. The van der Waals surface area contributed by atoms with Gasteiger partial charge in [-0.25, -0.2) is 0 Å². The van der Waals surface area contributed by atoms with Crippen molar-refractivity contribution in [2.75, 3.05) is 11.9 Å². The van der Waals surface area contributed by atoms with Crippen LogP contribution in [0.2, 0.25) is 5.02 Å². The van der Waals surface area contributed by atoms with Crippen molar-refractivity contribution >= 4 is 29.3 Å². The Labute approximate surface area is 170 Å². The fourth-order valence-electron chi connectivity index (χ4n) is 2.72. The van der Waals surface area contributed by atoms with Crippen molar-refractivity contribution in [3.8, 4) is 5.75 Å². The Morgan fingerprint density at radius 3 is 2.43 bits per heavy atom. The summed E-state index contributed by atoms with van der Waals surface area (Å²) in [7, 11) is 0. The largest absolute Gasteiger partial charge is 0.491 e. The monoisotopic (exact) mass is 391 g/mol. The lowest BCUT2D eigenvalue weighted by molar-refractivity contribution is -0.111. The summed E-state index contributed by atoms with van der Waals surface area (Å²) >= 11 is 5.87. The third kappa shape index (κ3) is 6.29. The van der Waals surface area contributed by atoms with Gasteiger partial charge < -0.3 is 10.1 Å². The smallest absolute Gasteiger partial charge is 0.248 e. The van der Waals surface area contributed by atoms with Crippen LogP contribution in [0.1, 0.15) is 17.5 Å². The second-order valence-electron chi connectivity index (χ2n) is 6.31. The van der Waals surface area contributed by atoms with Crippen molar-refractivity contribution in [1.82, 2.24) is 0 Å². The zero-order valence-corrected chi connectivity index (χ0v) is 16.2. The second-order valence-corrected chi connectivity index (χ2v) is 6.74. The van der Waals surface area contributed by atoms with E-state index in [0.29, 0.717) is 23.1 Å². The van der Waals surface area contributed by atoms with E-state index in [-0.39, 0.29) is 5.91 Å². The molecule has 3 nitrogen and oxygen atoms in total. The Bertz CT molecular complexity index is 921. The van der Waals surface area contributed by atoms with E-state index >= 15 is 0 Å². The van der Waals surface area contributed by atoms with Crippen molar-refractivity contribution in [2.45, 2.75) is 12.8 Å². The van der Waals surface area contributed by atoms with Crippen LogP contribution in [0.3, 0.4) is 0 Å². The van der Waals surface area contributed by atoms with Crippen LogP contribution in [0.5, 0.6) is 5.75 Å². The highest BCUT2D eigenvalue weighted by atomic mass is 35.5. The number of nitrogens with one attached hydrogen (secondary N) is 1. The molecule has 0 bridgehead atoms. The highest BCUT2D eigenvalue weighted by Gasteiger charge is 2.05. The molecule has 0 aliphatic carbocycles. The van der Waals surface area contributed by atoms with Crippen molar-refractivity contribution in [1.29, 1.82) is 0 Å². The van der Waals surface area contributed by atoms with Crippen molar-refractivity contribution < 1.29 is 9.53 Å². The van der Waals surface area contributed by atoms with Crippen LogP contribution < -0.4 is 10.1 Å². The van der Waals surface area contributed by atoms with Gasteiger partial charge in [0.1, 0.15) is 5.75 Å². The number of para-hydroxylation sites is 2. The van der Waals surface area contributed by atoms with Crippen molar-refractivity contribution in [2.24, 2.45) is 0 Å². The topological polar surface area (TPSA) is 38.3 Å². The van der Waals surface area contributed by atoms with Gasteiger partial charge in [-0.05, 0) is 54.3 Å². The summed E-state index contributed by atoms with van der Waals surface area (Å²) in [5.74, 6) is 0.457. The first-order chi connectivity index (χ1) is 13.7. The maximum Gasteiger partial charge on any atom is 0.248 e. The van der Waals surface area contributed by atoms with E-state index in [0.717, 1.165) is 18.4 Å². The zero-order valence-electron chi connectivity index (χ0n) is 15.5. The molecule has 0 aliphatic heterocycles. The number of anilines is 1. The summed E-state index contributed by atoms with van der Waals surface area (Å²) in [6, 6.07) is 25.1. The molecule has 28 heavy (non-hydrogen) atoms. The minimum absolute atomic E-state index is 0.213. The van der Waals surface area contributed by atoms with Gasteiger partial charge >= 0.3 is 0 Å². The standard InChI is InChI=1S/C24H22ClNO2/c25-21-15-12-20(13-16-21)14-17-24(27)26-22-10-4-5-11-23(22)28-18-6-9-19-7-2-1-3-8-19/h1-5,7-8,10-17H,6,9,18H2,(H,26,27)/b17-14+. The molecule has 1 N–H and O–H groups in total. The Kier molecular flexibility index (Phi) is 7.28. The molecule has 0 fully saturated rings. The van der Waals surface area contributed by atoms with Gasteiger partial charge in [0, 0.05) is 11.1 Å². The van der Waals surface area contributed by atoms with E-state index in [1.54, 1.807) is 18.2 Å². The highest BCUT2D eigenvalue weighted by Crippen LogP contribution is 2.24. The molecule has 0 aliphatic rings. The molecule has 3 aromatic carbocycles. The number of benzene rings is 3. The van der Waals surface area contributed by atoms with Gasteiger partial charge in [-0.1, -0.05) is 66.2 Å². The Morgan fingerprint density at radius 2 is 1.64 bits per heavy atom. The molecule has 0 spiro atoms. The van der Waals surface area contributed by atoms with Gasteiger partial charge in [0.15, 0.2) is 0 Å². The molecule has 0 unspecified atom stereocenters. The fourth-order valence-corrected chi connectivity index (χ4v) is 2.85. The first-order valence-corrected chi connectivity index (χ1v) is 9.59. The molecule has 0 aromatic heterocycles. The summed E-state index contributed by atoms with van der Waals surface area (Å²) in [6.07, 6.45) is 5.10. The third-order valence-corrected chi connectivity index (χ3v) is 4.40. The number of amides is 1. The summed E-state index contributed by atoms with van der Waals surface area (Å²) in [6.45, 7) is 0.586. The van der Waals surface area contributed by atoms with E-state index in [1.165, 1.54) is 11.6 Å². The molecule has 1 amide bonds. The number of aryl methyl sites for hydroxylation is 1. The number of ether oxygens (including phenoxy) is 1. The number of carbonyl (C=O) groups excluding carboxylic acids is 1. The van der Waals surface area contributed by atoms with Gasteiger partial charge in [-0.15, -0.1) is 0 Å². The summed E-state index contributed by atoms with van der Waals surface area (Å²) in [5, 5.41) is 3.54. The maximum atomic E-state index is 12.2. The van der Waals surface area contributed by atoms with E-state index in [4.69, 9.17) is 16.3 Å². The number of halogens is 1. The van der Waals surface area contributed by atoms with Gasteiger partial charge in [0.25, 0.3) is 0 Å². The highest BCUT2D eigenvalue weighted by molar-refractivity contribution is 6.30. The van der Waals surface area contributed by atoms with E-state index in [2.05, 4.69) is 17.4 Å². The summed E-state index contributed by atoms with van der Waals surface area (Å²) in [4.78, 5) is 12.2. The Hall–Kier alpha value is -3.04. The number of carbonyl (C=O) groups is 1. The van der Waals surface area contributed by atoms with E-state index in [1.807, 2.05) is 54.6 Å². The third-order valence-electron chi connectivity index (χ3n) is 4.15. The normalized spacial score (nSPS) is 10.8. The Morgan fingerprint density at radius 1 is 0.929 bits per heavy atom. The lowest BCUT2D eigenvalue weighted by Gasteiger charge is -2.11. The average Bonchev–Trinajstić information content (AvgIpc) is 2.73. The van der Waals surface area contributed by atoms with Gasteiger partial charge in [-0.3, -0.25) is 4.79 Å². The van der Waals surface area contributed by atoms with E-state index < -0.39 is 0 Å². The SMILES string of the molecule is O=C(/C=C/c1ccc(Cl)cc1)Nc1ccccc1OCCCc1ccccc1. The van der Waals surface area contributed by atoms with Crippen LogP contribution in [0.15, 0.2) is 84.9 Å². The number of rotatable bonds is 8.